The molecule has 84 valence electrons. The number of hydrogen-bond acceptors (Lipinski definition) is 2. The minimum absolute atomic E-state index is 0.294. The van der Waals surface area contributed by atoms with Crippen LogP contribution < -0.4 is 10.1 Å². The number of rotatable bonds is 5. The summed E-state index contributed by atoms with van der Waals surface area (Å²) in [4.78, 5) is 0. The van der Waals surface area contributed by atoms with E-state index < -0.39 is 0 Å². The maximum atomic E-state index is 13.3. The van der Waals surface area contributed by atoms with Gasteiger partial charge in [-0.05, 0) is 31.7 Å². The summed E-state index contributed by atoms with van der Waals surface area (Å²) >= 11 is 0. The molecule has 0 aromatic heterocycles. The Kier molecular flexibility index (Phi) is 4.56. The third-order valence-corrected chi connectivity index (χ3v) is 2.16. The van der Waals surface area contributed by atoms with Crippen LogP contribution in [-0.2, 0) is 0 Å². The Morgan fingerprint density at radius 3 is 2.87 bits per heavy atom. The predicted molar refractivity (Wildman–Crippen MR) is 59.7 cm³/mol. The number of aryl methyl sites for hydroxylation is 1. The van der Waals surface area contributed by atoms with Crippen LogP contribution >= 0.6 is 0 Å². The molecule has 0 aliphatic heterocycles. The standard InChI is InChI=1S/C12H18FNO/c1-9-4-5-11(13)12(6-9)15-8-10(2)7-14-3/h4-6,10,14H,7-8H2,1-3H3. The summed E-state index contributed by atoms with van der Waals surface area (Å²) in [5, 5.41) is 3.06. The fourth-order valence-electron chi connectivity index (χ4n) is 1.36. The third-order valence-electron chi connectivity index (χ3n) is 2.16. The second-order valence-electron chi connectivity index (χ2n) is 3.91. The molecular weight excluding hydrogens is 193 g/mol. The fraction of sp³-hybridized carbons (Fsp3) is 0.500. The largest absolute Gasteiger partial charge is 0.490 e. The molecule has 1 N–H and O–H groups in total. The van der Waals surface area contributed by atoms with Gasteiger partial charge in [-0.15, -0.1) is 0 Å². The molecule has 1 aromatic rings. The lowest BCUT2D eigenvalue weighted by Gasteiger charge is -2.13. The van der Waals surface area contributed by atoms with Crippen molar-refractivity contribution in [3.8, 4) is 5.75 Å². The summed E-state index contributed by atoms with van der Waals surface area (Å²) in [6.45, 7) is 5.38. The van der Waals surface area contributed by atoms with Crippen LogP contribution in [0.2, 0.25) is 0 Å². The van der Waals surface area contributed by atoms with Gasteiger partial charge in [0.05, 0.1) is 6.61 Å². The monoisotopic (exact) mass is 211 g/mol. The van der Waals surface area contributed by atoms with Crippen molar-refractivity contribution in [3.63, 3.8) is 0 Å². The van der Waals surface area contributed by atoms with Gasteiger partial charge in [-0.2, -0.15) is 0 Å². The molecular formula is C12H18FNO. The van der Waals surface area contributed by atoms with Crippen molar-refractivity contribution in [2.75, 3.05) is 20.2 Å². The van der Waals surface area contributed by atoms with Gasteiger partial charge < -0.3 is 10.1 Å². The summed E-state index contributed by atoms with van der Waals surface area (Å²) in [5.41, 5.74) is 1.01. The molecule has 0 saturated carbocycles. The minimum Gasteiger partial charge on any atom is -0.490 e. The van der Waals surface area contributed by atoms with Crippen LogP contribution in [0.4, 0.5) is 4.39 Å². The smallest absolute Gasteiger partial charge is 0.165 e. The molecule has 0 aliphatic rings. The van der Waals surface area contributed by atoms with Crippen molar-refractivity contribution in [1.29, 1.82) is 0 Å². The number of ether oxygens (including phenoxy) is 1. The third kappa shape index (κ3) is 3.88. The molecule has 1 atom stereocenters. The first kappa shape index (κ1) is 12.0. The highest BCUT2D eigenvalue weighted by Crippen LogP contribution is 2.18. The van der Waals surface area contributed by atoms with Gasteiger partial charge in [-0.1, -0.05) is 13.0 Å². The Labute approximate surface area is 90.4 Å². The molecule has 1 unspecified atom stereocenters. The molecule has 1 aromatic carbocycles. The Morgan fingerprint density at radius 2 is 2.20 bits per heavy atom. The molecule has 0 saturated heterocycles. The average molecular weight is 211 g/mol. The Bertz CT molecular complexity index is 314. The molecule has 0 radical (unpaired) electrons. The van der Waals surface area contributed by atoms with E-state index in [0.717, 1.165) is 12.1 Å². The normalized spacial score (nSPS) is 12.5. The van der Waals surface area contributed by atoms with E-state index in [1.807, 2.05) is 14.0 Å². The minimum atomic E-state index is -0.294. The lowest BCUT2D eigenvalue weighted by molar-refractivity contribution is 0.247. The van der Waals surface area contributed by atoms with Crippen molar-refractivity contribution in [2.45, 2.75) is 13.8 Å². The van der Waals surface area contributed by atoms with Gasteiger partial charge >= 0.3 is 0 Å². The second-order valence-corrected chi connectivity index (χ2v) is 3.91. The van der Waals surface area contributed by atoms with Crippen molar-refractivity contribution < 1.29 is 9.13 Å². The Hall–Kier alpha value is -1.09. The van der Waals surface area contributed by atoms with Crippen LogP contribution in [0.3, 0.4) is 0 Å². The highest BCUT2D eigenvalue weighted by atomic mass is 19.1. The molecule has 0 spiro atoms. The Balaban J connectivity index is 2.53. The molecule has 0 amide bonds. The van der Waals surface area contributed by atoms with Gasteiger partial charge in [0.1, 0.15) is 0 Å². The van der Waals surface area contributed by atoms with E-state index in [9.17, 15) is 4.39 Å². The molecule has 2 nitrogen and oxygen atoms in total. The zero-order valence-electron chi connectivity index (χ0n) is 9.51. The van der Waals surface area contributed by atoms with Crippen molar-refractivity contribution in [1.82, 2.24) is 5.32 Å². The van der Waals surface area contributed by atoms with Crippen LogP contribution in [0.5, 0.6) is 5.75 Å². The summed E-state index contributed by atoms with van der Waals surface area (Å²) in [7, 11) is 1.89. The number of benzene rings is 1. The number of nitrogens with one attached hydrogen (secondary N) is 1. The highest BCUT2D eigenvalue weighted by Gasteiger charge is 2.06. The zero-order valence-corrected chi connectivity index (χ0v) is 9.51. The summed E-state index contributed by atoms with van der Waals surface area (Å²) < 4.78 is 18.7. The molecule has 1 rings (SSSR count). The van der Waals surface area contributed by atoms with Gasteiger partial charge in [0.25, 0.3) is 0 Å². The zero-order chi connectivity index (χ0) is 11.3. The highest BCUT2D eigenvalue weighted by molar-refractivity contribution is 5.29. The number of halogens is 1. The molecule has 0 fully saturated rings. The van der Waals surface area contributed by atoms with Gasteiger partial charge in [-0.25, -0.2) is 4.39 Å². The van der Waals surface area contributed by atoms with Crippen LogP contribution in [0, 0.1) is 18.7 Å². The van der Waals surface area contributed by atoms with E-state index in [1.165, 1.54) is 6.07 Å². The average Bonchev–Trinajstić information content (AvgIpc) is 2.20. The molecule has 0 bridgehead atoms. The van der Waals surface area contributed by atoms with Crippen LogP contribution in [0.1, 0.15) is 12.5 Å². The van der Waals surface area contributed by atoms with E-state index in [4.69, 9.17) is 4.74 Å². The maximum absolute atomic E-state index is 13.3. The van der Waals surface area contributed by atoms with Crippen LogP contribution in [-0.4, -0.2) is 20.2 Å². The maximum Gasteiger partial charge on any atom is 0.165 e. The first-order valence-corrected chi connectivity index (χ1v) is 5.17. The quantitative estimate of drug-likeness (QED) is 0.807. The lowest BCUT2D eigenvalue weighted by atomic mass is 10.2. The topological polar surface area (TPSA) is 21.3 Å². The van der Waals surface area contributed by atoms with Gasteiger partial charge in [0, 0.05) is 12.5 Å². The Morgan fingerprint density at radius 1 is 1.47 bits per heavy atom. The lowest BCUT2D eigenvalue weighted by Crippen LogP contribution is -2.21. The summed E-state index contributed by atoms with van der Waals surface area (Å²) in [5.74, 6) is 0.421. The van der Waals surface area contributed by atoms with Gasteiger partial charge in [-0.3, -0.25) is 0 Å². The number of hydrogen-bond donors (Lipinski definition) is 1. The first-order chi connectivity index (χ1) is 7.13. The molecule has 0 heterocycles. The fourth-order valence-corrected chi connectivity index (χ4v) is 1.36. The first-order valence-electron chi connectivity index (χ1n) is 5.17. The summed E-state index contributed by atoms with van der Waals surface area (Å²) in [6, 6.07) is 4.90. The van der Waals surface area contributed by atoms with Crippen LogP contribution in [0.15, 0.2) is 18.2 Å². The van der Waals surface area contributed by atoms with E-state index in [2.05, 4.69) is 12.2 Å². The van der Waals surface area contributed by atoms with E-state index in [1.54, 1.807) is 12.1 Å². The molecule has 3 heteroatoms. The summed E-state index contributed by atoms with van der Waals surface area (Å²) in [6.07, 6.45) is 0. The van der Waals surface area contributed by atoms with Crippen molar-refractivity contribution in [2.24, 2.45) is 5.92 Å². The van der Waals surface area contributed by atoms with E-state index in [-0.39, 0.29) is 5.82 Å². The van der Waals surface area contributed by atoms with Gasteiger partial charge in [0.2, 0.25) is 0 Å². The van der Waals surface area contributed by atoms with Crippen molar-refractivity contribution >= 4 is 0 Å². The molecule has 15 heavy (non-hydrogen) atoms. The van der Waals surface area contributed by atoms with E-state index in [0.29, 0.717) is 18.3 Å². The molecule has 0 aliphatic carbocycles. The SMILES string of the molecule is CNCC(C)COc1cc(C)ccc1F. The van der Waals surface area contributed by atoms with Crippen LogP contribution in [0.25, 0.3) is 0 Å². The second kappa shape index (κ2) is 5.71. The predicted octanol–water partition coefficient (Wildman–Crippen LogP) is 2.37. The van der Waals surface area contributed by atoms with Crippen molar-refractivity contribution in [3.05, 3.63) is 29.6 Å². The van der Waals surface area contributed by atoms with Gasteiger partial charge in [0.15, 0.2) is 11.6 Å². The van der Waals surface area contributed by atoms with E-state index >= 15 is 0 Å².